The Hall–Kier alpha value is 0.0100. The van der Waals surface area contributed by atoms with Crippen molar-refractivity contribution >= 4 is 23.1 Å². The molecule has 0 saturated heterocycles. The second-order valence-corrected chi connectivity index (χ2v) is 5.68. The molecule has 1 N–H and O–H groups in total. The van der Waals surface area contributed by atoms with Gasteiger partial charge in [-0.15, -0.1) is 11.3 Å². The minimum Gasteiger partial charge on any atom is -0.309 e. The summed E-state index contributed by atoms with van der Waals surface area (Å²) >= 11 is 3.84. The molecule has 0 amide bonds. The molecule has 1 heterocycles. The van der Waals surface area contributed by atoms with Gasteiger partial charge in [0, 0.05) is 23.2 Å². The molecule has 0 aliphatic heterocycles. The Kier molecular flexibility index (Phi) is 3.90. The van der Waals surface area contributed by atoms with Crippen molar-refractivity contribution in [2.24, 2.45) is 0 Å². The van der Waals surface area contributed by atoms with Gasteiger partial charge in [0.05, 0.1) is 0 Å². The summed E-state index contributed by atoms with van der Waals surface area (Å²) in [5, 5.41) is 5.89. The first-order valence-electron chi connectivity index (χ1n) is 5.20. The van der Waals surface area contributed by atoms with E-state index in [0.29, 0.717) is 6.04 Å². The number of thiophene rings is 1. The van der Waals surface area contributed by atoms with Crippen molar-refractivity contribution in [3.05, 3.63) is 21.9 Å². The Morgan fingerprint density at radius 3 is 3.43 bits per heavy atom. The third-order valence-corrected chi connectivity index (χ3v) is 4.36. The smallest absolute Gasteiger partial charge is 0.0331 e. The molecule has 3 heteroatoms. The molecule has 0 fully saturated rings. The number of rotatable bonds is 4. The van der Waals surface area contributed by atoms with Crippen LogP contribution in [-0.2, 0) is 6.42 Å². The van der Waals surface area contributed by atoms with Crippen LogP contribution >= 0.6 is 23.1 Å². The highest BCUT2D eigenvalue weighted by atomic mass is 32.2. The van der Waals surface area contributed by atoms with Gasteiger partial charge in [-0.25, -0.2) is 0 Å². The summed E-state index contributed by atoms with van der Waals surface area (Å²) in [5.41, 5.74) is 1.57. The molecule has 0 bridgehead atoms. The van der Waals surface area contributed by atoms with Gasteiger partial charge in [-0.2, -0.15) is 11.8 Å². The predicted molar refractivity (Wildman–Crippen MR) is 66.4 cm³/mol. The average Bonchev–Trinajstić information content (AvgIpc) is 2.67. The Balaban J connectivity index is 1.94. The van der Waals surface area contributed by atoms with E-state index in [1.165, 1.54) is 25.0 Å². The number of thioether (sulfide) groups is 1. The molecule has 1 atom stereocenters. The summed E-state index contributed by atoms with van der Waals surface area (Å²) in [6.45, 7) is 1.14. The van der Waals surface area contributed by atoms with Crippen molar-refractivity contribution in [2.45, 2.75) is 25.3 Å². The summed E-state index contributed by atoms with van der Waals surface area (Å²) in [5.74, 6) is 1.22. The van der Waals surface area contributed by atoms with Crippen molar-refractivity contribution in [1.82, 2.24) is 5.32 Å². The first kappa shape index (κ1) is 10.5. The van der Waals surface area contributed by atoms with Gasteiger partial charge >= 0.3 is 0 Å². The zero-order valence-corrected chi connectivity index (χ0v) is 10.2. The maximum atomic E-state index is 3.65. The van der Waals surface area contributed by atoms with Crippen molar-refractivity contribution in [2.75, 3.05) is 18.6 Å². The van der Waals surface area contributed by atoms with E-state index >= 15 is 0 Å². The fourth-order valence-electron chi connectivity index (χ4n) is 2.03. The third-order valence-electron chi connectivity index (χ3n) is 2.75. The van der Waals surface area contributed by atoms with Crippen LogP contribution in [-0.4, -0.2) is 18.6 Å². The van der Waals surface area contributed by atoms with E-state index in [4.69, 9.17) is 0 Å². The van der Waals surface area contributed by atoms with Gasteiger partial charge in [0.25, 0.3) is 0 Å². The summed E-state index contributed by atoms with van der Waals surface area (Å²) in [6, 6.07) is 2.94. The summed E-state index contributed by atoms with van der Waals surface area (Å²) in [7, 11) is 0. The van der Waals surface area contributed by atoms with Crippen LogP contribution in [0, 0.1) is 0 Å². The Morgan fingerprint density at radius 2 is 2.57 bits per heavy atom. The van der Waals surface area contributed by atoms with Gasteiger partial charge in [0.1, 0.15) is 0 Å². The molecule has 78 valence electrons. The van der Waals surface area contributed by atoms with Crippen LogP contribution in [0.15, 0.2) is 11.4 Å². The molecule has 1 aromatic rings. The Bertz CT molecular complexity index is 283. The maximum Gasteiger partial charge on any atom is 0.0331 e. The molecule has 1 aliphatic carbocycles. The van der Waals surface area contributed by atoms with Crippen LogP contribution in [0.2, 0.25) is 0 Å². The fraction of sp³-hybridized carbons (Fsp3) is 0.636. The van der Waals surface area contributed by atoms with Crippen LogP contribution in [0.3, 0.4) is 0 Å². The molecule has 1 unspecified atom stereocenters. The van der Waals surface area contributed by atoms with Crippen LogP contribution in [0.25, 0.3) is 0 Å². The second-order valence-electron chi connectivity index (χ2n) is 3.69. The molecule has 14 heavy (non-hydrogen) atoms. The van der Waals surface area contributed by atoms with Gasteiger partial charge in [0.2, 0.25) is 0 Å². The van der Waals surface area contributed by atoms with E-state index in [0.717, 1.165) is 6.54 Å². The number of hydrogen-bond donors (Lipinski definition) is 1. The fourth-order valence-corrected chi connectivity index (χ4v) is 3.34. The van der Waals surface area contributed by atoms with E-state index in [9.17, 15) is 0 Å². The van der Waals surface area contributed by atoms with Gasteiger partial charge in [-0.1, -0.05) is 0 Å². The number of aryl methyl sites for hydroxylation is 1. The van der Waals surface area contributed by atoms with E-state index < -0.39 is 0 Å². The van der Waals surface area contributed by atoms with E-state index in [2.05, 4.69) is 23.0 Å². The Labute approximate surface area is 94.3 Å². The topological polar surface area (TPSA) is 12.0 Å². The van der Waals surface area contributed by atoms with Crippen molar-refractivity contribution < 1.29 is 0 Å². The van der Waals surface area contributed by atoms with Crippen LogP contribution < -0.4 is 5.32 Å². The highest BCUT2D eigenvalue weighted by Crippen LogP contribution is 2.32. The van der Waals surface area contributed by atoms with Crippen molar-refractivity contribution in [3.63, 3.8) is 0 Å². The average molecular weight is 227 g/mol. The Morgan fingerprint density at radius 1 is 1.64 bits per heavy atom. The lowest BCUT2D eigenvalue weighted by atomic mass is 9.94. The maximum absolute atomic E-state index is 3.65. The molecular weight excluding hydrogens is 210 g/mol. The standard InChI is InChI=1S/C11H17NS2/c1-13-8-6-12-10-3-2-4-11-9(10)5-7-14-11/h5,7,10,12H,2-4,6,8H2,1H3. The predicted octanol–water partition coefficient (Wildman–Crippen LogP) is 3.08. The first-order valence-corrected chi connectivity index (χ1v) is 7.47. The van der Waals surface area contributed by atoms with Crippen LogP contribution in [0.1, 0.15) is 29.3 Å². The minimum atomic E-state index is 0.636. The molecule has 1 nitrogen and oxygen atoms in total. The third kappa shape index (κ3) is 2.33. The monoisotopic (exact) mass is 227 g/mol. The lowest BCUT2D eigenvalue weighted by Crippen LogP contribution is -2.26. The first-order chi connectivity index (χ1) is 6.92. The molecule has 0 aromatic carbocycles. The summed E-state index contributed by atoms with van der Waals surface area (Å²) in [4.78, 5) is 1.61. The number of fused-ring (bicyclic) bond motifs is 1. The molecule has 0 radical (unpaired) electrons. The molecule has 1 aliphatic rings. The van der Waals surface area contributed by atoms with E-state index in [1.807, 2.05) is 23.1 Å². The van der Waals surface area contributed by atoms with Gasteiger partial charge < -0.3 is 5.32 Å². The van der Waals surface area contributed by atoms with E-state index in [-0.39, 0.29) is 0 Å². The van der Waals surface area contributed by atoms with Gasteiger partial charge in [-0.05, 0) is 42.5 Å². The van der Waals surface area contributed by atoms with E-state index in [1.54, 1.807) is 10.4 Å². The minimum absolute atomic E-state index is 0.636. The van der Waals surface area contributed by atoms with Crippen molar-refractivity contribution in [3.8, 4) is 0 Å². The molecule has 1 aromatic heterocycles. The second kappa shape index (κ2) is 5.19. The lowest BCUT2D eigenvalue weighted by molar-refractivity contribution is 0.478. The number of nitrogens with one attached hydrogen (secondary N) is 1. The zero-order chi connectivity index (χ0) is 9.80. The van der Waals surface area contributed by atoms with Crippen LogP contribution in [0.4, 0.5) is 0 Å². The largest absolute Gasteiger partial charge is 0.309 e. The van der Waals surface area contributed by atoms with Crippen molar-refractivity contribution in [1.29, 1.82) is 0 Å². The zero-order valence-electron chi connectivity index (χ0n) is 8.58. The number of hydrogen-bond acceptors (Lipinski definition) is 3. The SMILES string of the molecule is CSCCNC1CCCc2sccc21. The molecular formula is C11H17NS2. The molecule has 0 spiro atoms. The quantitative estimate of drug-likeness (QED) is 0.793. The van der Waals surface area contributed by atoms with Gasteiger partial charge in [-0.3, -0.25) is 0 Å². The summed E-state index contributed by atoms with van der Waals surface area (Å²) < 4.78 is 0. The highest BCUT2D eigenvalue weighted by molar-refractivity contribution is 7.98. The molecule has 2 rings (SSSR count). The van der Waals surface area contributed by atoms with Crippen LogP contribution in [0.5, 0.6) is 0 Å². The molecule has 0 saturated carbocycles. The van der Waals surface area contributed by atoms with Gasteiger partial charge in [0.15, 0.2) is 0 Å². The lowest BCUT2D eigenvalue weighted by Gasteiger charge is -2.23. The summed E-state index contributed by atoms with van der Waals surface area (Å²) in [6.07, 6.45) is 6.13. The highest BCUT2D eigenvalue weighted by Gasteiger charge is 2.19. The normalized spacial score (nSPS) is 20.8.